The largest absolute Gasteiger partial charge is 0.325 e. The second-order valence-electron chi connectivity index (χ2n) is 9.73. The molecule has 0 aliphatic carbocycles. The van der Waals surface area contributed by atoms with Crippen molar-refractivity contribution in [3.05, 3.63) is 132 Å². The van der Waals surface area contributed by atoms with Crippen molar-refractivity contribution in [1.29, 1.82) is 0 Å². The molecule has 0 radical (unpaired) electrons. The maximum absolute atomic E-state index is 5.96. The molecule has 0 aliphatic heterocycles. The molecule has 4 nitrogen and oxygen atoms in total. The van der Waals surface area contributed by atoms with Gasteiger partial charge in [0.2, 0.25) is 0 Å². The SMILES string of the molecule is Cc1cc2ccc3ccccc3c2nc1CN.NCc1nc2c(ccc3ccccc32)cc1-c1ccccc1. The minimum Gasteiger partial charge on any atom is -0.325 e. The van der Waals surface area contributed by atoms with E-state index in [1.54, 1.807) is 0 Å². The molecule has 7 aromatic rings. The molecule has 0 fully saturated rings. The Morgan fingerprint density at radius 3 is 1.59 bits per heavy atom. The second kappa shape index (κ2) is 10.6. The molecule has 0 saturated heterocycles. The molecular formula is C35H30N4. The predicted octanol–water partition coefficient (Wildman–Crippen LogP) is 7.67. The average Bonchev–Trinajstić information content (AvgIpc) is 3.00. The van der Waals surface area contributed by atoms with Gasteiger partial charge >= 0.3 is 0 Å². The highest BCUT2D eigenvalue weighted by Gasteiger charge is 2.10. The molecular weight excluding hydrogens is 476 g/mol. The van der Waals surface area contributed by atoms with E-state index in [1.165, 1.54) is 26.9 Å². The van der Waals surface area contributed by atoms with Gasteiger partial charge in [0, 0.05) is 40.2 Å². The van der Waals surface area contributed by atoms with Crippen LogP contribution in [0, 0.1) is 6.92 Å². The van der Waals surface area contributed by atoms with E-state index in [0.717, 1.165) is 44.5 Å². The van der Waals surface area contributed by atoms with Gasteiger partial charge in [-0.05, 0) is 41.0 Å². The van der Waals surface area contributed by atoms with Crippen LogP contribution in [0.3, 0.4) is 0 Å². The van der Waals surface area contributed by atoms with Gasteiger partial charge in [-0.15, -0.1) is 0 Å². The van der Waals surface area contributed by atoms with Crippen molar-refractivity contribution >= 4 is 43.4 Å². The van der Waals surface area contributed by atoms with Gasteiger partial charge in [-0.2, -0.15) is 0 Å². The zero-order valence-electron chi connectivity index (χ0n) is 21.9. The lowest BCUT2D eigenvalue weighted by atomic mass is 9.99. The lowest BCUT2D eigenvalue weighted by Crippen LogP contribution is -2.03. The molecule has 2 aromatic heterocycles. The summed E-state index contributed by atoms with van der Waals surface area (Å²) in [6.07, 6.45) is 0. The fourth-order valence-corrected chi connectivity index (χ4v) is 5.23. The Kier molecular flexibility index (Phi) is 6.72. The van der Waals surface area contributed by atoms with E-state index in [9.17, 15) is 0 Å². The quantitative estimate of drug-likeness (QED) is 0.241. The van der Waals surface area contributed by atoms with Gasteiger partial charge in [-0.1, -0.05) is 103 Å². The van der Waals surface area contributed by atoms with Crippen LogP contribution in [0.25, 0.3) is 54.5 Å². The standard InChI is InChI=1S/C20H16N2.C15H14N2/c21-13-19-18(14-6-2-1-3-7-14)12-16-11-10-15-8-4-5-9-17(15)20(16)22-19;1-10-8-12-7-6-11-4-2-3-5-13(11)15(12)17-14(10)9-16/h1-12H,13,21H2;2-8H,9,16H2,1H3. The van der Waals surface area contributed by atoms with E-state index < -0.39 is 0 Å². The number of pyridine rings is 2. The first-order valence-electron chi connectivity index (χ1n) is 13.2. The van der Waals surface area contributed by atoms with Crippen LogP contribution in [0.1, 0.15) is 17.0 Å². The number of aryl methyl sites for hydroxylation is 1. The van der Waals surface area contributed by atoms with E-state index in [-0.39, 0.29) is 0 Å². The number of nitrogens with two attached hydrogens (primary N) is 2. The predicted molar refractivity (Wildman–Crippen MR) is 164 cm³/mol. The van der Waals surface area contributed by atoms with Gasteiger partial charge in [0.25, 0.3) is 0 Å². The summed E-state index contributed by atoms with van der Waals surface area (Å²) in [7, 11) is 0. The van der Waals surface area contributed by atoms with E-state index in [0.29, 0.717) is 13.1 Å². The van der Waals surface area contributed by atoms with Gasteiger partial charge in [0.15, 0.2) is 0 Å². The van der Waals surface area contributed by atoms with Crippen molar-refractivity contribution < 1.29 is 0 Å². The molecule has 0 aliphatic rings. The monoisotopic (exact) mass is 506 g/mol. The minimum atomic E-state index is 0.434. The first-order chi connectivity index (χ1) is 19.2. The van der Waals surface area contributed by atoms with Crippen LogP contribution in [0.5, 0.6) is 0 Å². The Balaban J connectivity index is 0.000000147. The third kappa shape index (κ3) is 4.72. The van der Waals surface area contributed by atoms with Crippen LogP contribution in [-0.2, 0) is 13.1 Å². The highest BCUT2D eigenvalue weighted by atomic mass is 14.8. The van der Waals surface area contributed by atoms with E-state index in [4.69, 9.17) is 21.4 Å². The van der Waals surface area contributed by atoms with Gasteiger partial charge in [-0.25, -0.2) is 0 Å². The zero-order chi connectivity index (χ0) is 26.8. The number of hydrogen-bond donors (Lipinski definition) is 2. The number of aromatic nitrogens is 2. The molecule has 0 amide bonds. The van der Waals surface area contributed by atoms with Crippen molar-refractivity contribution in [1.82, 2.24) is 9.97 Å². The lowest BCUT2D eigenvalue weighted by Gasteiger charge is -2.11. The maximum atomic E-state index is 5.96. The molecule has 0 saturated carbocycles. The molecule has 39 heavy (non-hydrogen) atoms. The summed E-state index contributed by atoms with van der Waals surface area (Å²) in [5.74, 6) is 0. The van der Waals surface area contributed by atoms with E-state index in [1.807, 2.05) is 30.3 Å². The summed E-state index contributed by atoms with van der Waals surface area (Å²) in [4.78, 5) is 9.57. The molecule has 190 valence electrons. The van der Waals surface area contributed by atoms with Crippen molar-refractivity contribution in [2.45, 2.75) is 20.0 Å². The first kappa shape index (κ1) is 24.7. The topological polar surface area (TPSA) is 77.8 Å². The van der Waals surface area contributed by atoms with Crippen molar-refractivity contribution in [2.75, 3.05) is 0 Å². The van der Waals surface area contributed by atoms with Crippen LogP contribution < -0.4 is 11.5 Å². The van der Waals surface area contributed by atoms with Crippen molar-refractivity contribution in [2.24, 2.45) is 11.5 Å². The van der Waals surface area contributed by atoms with Gasteiger partial charge in [0.05, 0.1) is 22.4 Å². The van der Waals surface area contributed by atoms with Crippen molar-refractivity contribution in [3.8, 4) is 11.1 Å². The molecule has 0 unspecified atom stereocenters. The van der Waals surface area contributed by atoms with Crippen molar-refractivity contribution in [3.63, 3.8) is 0 Å². The Labute approximate surface area is 227 Å². The number of fused-ring (bicyclic) bond motifs is 6. The Hall–Kier alpha value is -4.64. The number of nitrogens with zero attached hydrogens (tertiary/aromatic N) is 2. The summed E-state index contributed by atoms with van der Waals surface area (Å²) < 4.78 is 0. The van der Waals surface area contributed by atoms with Crippen LogP contribution in [0.4, 0.5) is 0 Å². The maximum Gasteiger partial charge on any atom is 0.0784 e. The fraction of sp³-hybridized carbons (Fsp3) is 0.0857. The third-order valence-corrected chi connectivity index (χ3v) is 7.27. The molecule has 4 heteroatoms. The Morgan fingerprint density at radius 2 is 1.00 bits per heavy atom. The minimum absolute atomic E-state index is 0.434. The molecule has 5 aromatic carbocycles. The molecule has 0 bridgehead atoms. The number of hydrogen-bond acceptors (Lipinski definition) is 4. The highest BCUT2D eigenvalue weighted by molar-refractivity contribution is 6.06. The third-order valence-electron chi connectivity index (χ3n) is 7.27. The van der Waals surface area contributed by atoms with E-state index in [2.05, 4.69) is 91.9 Å². The van der Waals surface area contributed by atoms with Crippen LogP contribution in [0.2, 0.25) is 0 Å². The summed E-state index contributed by atoms with van der Waals surface area (Å²) in [5, 5.41) is 7.12. The second-order valence-corrected chi connectivity index (χ2v) is 9.73. The summed E-state index contributed by atoms with van der Waals surface area (Å²) in [6.45, 7) is 2.98. The average molecular weight is 507 g/mol. The van der Waals surface area contributed by atoms with Crippen LogP contribution in [0.15, 0.2) is 115 Å². The summed E-state index contributed by atoms with van der Waals surface area (Å²) >= 11 is 0. The van der Waals surface area contributed by atoms with Gasteiger partial charge < -0.3 is 11.5 Å². The smallest absolute Gasteiger partial charge is 0.0784 e. The molecule has 4 N–H and O–H groups in total. The lowest BCUT2D eigenvalue weighted by molar-refractivity contribution is 0.986. The van der Waals surface area contributed by atoms with Gasteiger partial charge in [-0.3, -0.25) is 9.97 Å². The summed E-state index contributed by atoms with van der Waals surface area (Å²) in [6, 6.07) is 39.9. The zero-order valence-corrected chi connectivity index (χ0v) is 21.9. The molecule has 0 spiro atoms. The van der Waals surface area contributed by atoms with Gasteiger partial charge in [0.1, 0.15) is 0 Å². The van der Waals surface area contributed by atoms with Crippen LogP contribution in [-0.4, -0.2) is 9.97 Å². The molecule has 7 rings (SSSR count). The molecule has 0 atom stereocenters. The normalized spacial score (nSPS) is 11.2. The fourth-order valence-electron chi connectivity index (χ4n) is 5.23. The summed E-state index contributed by atoms with van der Waals surface area (Å²) in [5.41, 5.74) is 19.1. The number of benzene rings is 5. The highest BCUT2D eigenvalue weighted by Crippen LogP contribution is 2.30. The molecule has 2 heterocycles. The van der Waals surface area contributed by atoms with Crippen LogP contribution >= 0.6 is 0 Å². The number of rotatable bonds is 3. The van der Waals surface area contributed by atoms with E-state index >= 15 is 0 Å². The Morgan fingerprint density at radius 1 is 0.513 bits per heavy atom. The first-order valence-corrected chi connectivity index (χ1v) is 13.2. The Bertz CT molecular complexity index is 1940.